The molecule has 0 aliphatic heterocycles. The van der Waals surface area contributed by atoms with Gasteiger partial charge in [-0.15, -0.1) is 0 Å². The van der Waals surface area contributed by atoms with Gasteiger partial charge in [0.15, 0.2) is 0 Å². The van der Waals surface area contributed by atoms with Crippen molar-refractivity contribution in [3.05, 3.63) is 76.0 Å². The summed E-state index contributed by atoms with van der Waals surface area (Å²) in [7, 11) is 3.19. The first-order valence-corrected chi connectivity index (χ1v) is 7.42. The number of aromatic nitrogens is 2. The van der Waals surface area contributed by atoms with Gasteiger partial charge in [0.1, 0.15) is 17.0 Å². The van der Waals surface area contributed by atoms with E-state index < -0.39 is 5.56 Å². The second-order valence-electron chi connectivity index (χ2n) is 5.69. The van der Waals surface area contributed by atoms with E-state index in [1.54, 1.807) is 50.6 Å². The molecule has 0 radical (unpaired) electrons. The van der Waals surface area contributed by atoms with Gasteiger partial charge in [0, 0.05) is 25.7 Å². The van der Waals surface area contributed by atoms with Crippen LogP contribution in [0.2, 0.25) is 0 Å². The lowest BCUT2D eigenvalue weighted by molar-refractivity contribution is 0.0825. The lowest BCUT2D eigenvalue weighted by Gasteiger charge is -2.14. The summed E-state index contributed by atoms with van der Waals surface area (Å²) in [4.78, 5) is 30.7. The standard InChI is InChI=1S/C18H16FN3O2/c1-21(2)17(23)15-10-13-4-3-9-20-16(13)22(18(15)24)11-12-5-7-14(19)8-6-12/h3-10H,11H2,1-2H3. The van der Waals surface area contributed by atoms with Crippen LogP contribution in [-0.2, 0) is 6.54 Å². The molecule has 0 spiro atoms. The number of fused-ring (bicyclic) bond motifs is 1. The fraction of sp³-hybridized carbons (Fsp3) is 0.167. The van der Waals surface area contributed by atoms with Crippen LogP contribution in [-0.4, -0.2) is 34.5 Å². The van der Waals surface area contributed by atoms with Crippen molar-refractivity contribution in [1.29, 1.82) is 0 Å². The molecule has 1 amide bonds. The highest BCUT2D eigenvalue weighted by Gasteiger charge is 2.17. The Balaban J connectivity index is 2.20. The molecule has 122 valence electrons. The molecular weight excluding hydrogens is 309 g/mol. The topological polar surface area (TPSA) is 55.2 Å². The average Bonchev–Trinajstić information content (AvgIpc) is 2.58. The zero-order valence-corrected chi connectivity index (χ0v) is 13.4. The highest BCUT2D eigenvalue weighted by molar-refractivity contribution is 5.96. The van der Waals surface area contributed by atoms with Crippen LogP contribution in [0.15, 0.2) is 53.5 Å². The Hall–Kier alpha value is -3.02. The van der Waals surface area contributed by atoms with Crippen molar-refractivity contribution < 1.29 is 9.18 Å². The summed E-state index contributed by atoms with van der Waals surface area (Å²) in [5.41, 5.74) is 0.911. The van der Waals surface area contributed by atoms with E-state index in [4.69, 9.17) is 0 Å². The molecule has 24 heavy (non-hydrogen) atoms. The highest BCUT2D eigenvalue weighted by Crippen LogP contribution is 2.14. The maximum absolute atomic E-state index is 13.1. The maximum atomic E-state index is 13.1. The number of halogens is 1. The maximum Gasteiger partial charge on any atom is 0.265 e. The fourth-order valence-electron chi connectivity index (χ4n) is 2.52. The Bertz CT molecular complexity index is 962. The zero-order valence-electron chi connectivity index (χ0n) is 13.4. The minimum Gasteiger partial charge on any atom is -0.345 e. The molecule has 1 aromatic carbocycles. The molecule has 0 saturated heterocycles. The minimum absolute atomic E-state index is 0.0858. The van der Waals surface area contributed by atoms with Crippen molar-refractivity contribution in [2.24, 2.45) is 0 Å². The van der Waals surface area contributed by atoms with Crippen LogP contribution >= 0.6 is 0 Å². The molecule has 0 aliphatic rings. The van der Waals surface area contributed by atoms with Gasteiger partial charge in [-0.05, 0) is 35.9 Å². The Morgan fingerprint density at radius 1 is 1.21 bits per heavy atom. The van der Waals surface area contributed by atoms with Gasteiger partial charge in [0.05, 0.1) is 6.54 Å². The van der Waals surface area contributed by atoms with Crippen LogP contribution < -0.4 is 5.56 Å². The molecule has 2 aromatic heterocycles. The molecular formula is C18H16FN3O2. The number of carbonyl (C=O) groups is 1. The number of benzene rings is 1. The molecule has 0 saturated carbocycles. The number of amides is 1. The molecule has 5 nitrogen and oxygen atoms in total. The SMILES string of the molecule is CN(C)C(=O)c1cc2cccnc2n(Cc2ccc(F)cc2)c1=O. The minimum atomic E-state index is -0.413. The number of rotatable bonds is 3. The van der Waals surface area contributed by atoms with Crippen molar-refractivity contribution >= 4 is 16.9 Å². The van der Waals surface area contributed by atoms with E-state index in [0.717, 1.165) is 5.56 Å². The van der Waals surface area contributed by atoms with E-state index in [1.807, 2.05) is 0 Å². The van der Waals surface area contributed by atoms with E-state index in [0.29, 0.717) is 11.0 Å². The second-order valence-corrected chi connectivity index (χ2v) is 5.69. The van der Waals surface area contributed by atoms with Crippen LogP contribution in [0, 0.1) is 5.82 Å². The highest BCUT2D eigenvalue weighted by atomic mass is 19.1. The predicted octanol–water partition coefficient (Wildman–Crippen LogP) is 2.29. The Morgan fingerprint density at radius 3 is 2.58 bits per heavy atom. The summed E-state index contributed by atoms with van der Waals surface area (Å²) in [6, 6.07) is 11.0. The van der Waals surface area contributed by atoms with Gasteiger partial charge in [-0.1, -0.05) is 12.1 Å². The Kier molecular flexibility index (Phi) is 4.12. The third-order valence-electron chi connectivity index (χ3n) is 3.74. The summed E-state index contributed by atoms with van der Waals surface area (Å²) in [6.07, 6.45) is 1.59. The number of nitrogens with zero attached hydrogens (tertiary/aromatic N) is 3. The first-order chi connectivity index (χ1) is 11.5. The number of hydrogen-bond donors (Lipinski definition) is 0. The number of carbonyl (C=O) groups excluding carboxylic acids is 1. The Morgan fingerprint density at radius 2 is 1.92 bits per heavy atom. The molecule has 0 fully saturated rings. The van der Waals surface area contributed by atoms with Gasteiger partial charge in [-0.2, -0.15) is 0 Å². The van der Waals surface area contributed by atoms with Crippen molar-refractivity contribution in [3.8, 4) is 0 Å². The van der Waals surface area contributed by atoms with Crippen molar-refractivity contribution in [2.45, 2.75) is 6.54 Å². The van der Waals surface area contributed by atoms with Gasteiger partial charge < -0.3 is 4.90 Å². The first kappa shape index (κ1) is 15.9. The lowest BCUT2D eigenvalue weighted by Crippen LogP contribution is -2.33. The van der Waals surface area contributed by atoms with Gasteiger partial charge in [-0.3, -0.25) is 14.2 Å². The molecule has 0 unspecified atom stereocenters. The molecule has 0 atom stereocenters. The number of hydrogen-bond acceptors (Lipinski definition) is 3. The van der Waals surface area contributed by atoms with Crippen LogP contribution in [0.4, 0.5) is 4.39 Å². The van der Waals surface area contributed by atoms with Gasteiger partial charge in [0.2, 0.25) is 0 Å². The zero-order chi connectivity index (χ0) is 17.3. The molecule has 3 aromatic rings. The van der Waals surface area contributed by atoms with Crippen LogP contribution in [0.3, 0.4) is 0 Å². The summed E-state index contributed by atoms with van der Waals surface area (Å²) < 4.78 is 14.5. The quantitative estimate of drug-likeness (QED) is 0.742. The summed E-state index contributed by atoms with van der Waals surface area (Å²) in [5, 5.41) is 0.699. The largest absolute Gasteiger partial charge is 0.345 e. The molecule has 0 N–H and O–H groups in total. The van der Waals surface area contributed by atoms with Gasteiger partial charge in [0.25, 0.3) is 11.5 Å². The third kappa shape index (κ3) is 2.90. The second kappa shape index (κ2) is 6.23. The van der Waals surface area contributed by atoms with Gasteiger partial charge in [-0.25, -0.2) is 9.37 Å². The van der Waals surface area contributed by atoms with E-state index in [9.17, 15) is 14.0 Å². The molecule has 2 heterocycles. The molecule has 3 rings (SSSR count). The lowest BCUT2D eigenvalue weighted by atomic mass is 10.1. The summed E-state index contributed by atoms with van der Waals surface area (Å²) in [6.45, 7) is 0.209. The predicted molar refractivity (Wildman–Crippen MR) is 89.5 cm³/mol. The molecule has 0 aliphatic carbocycles. The van der Waals surface area contributed by atoms with E-state index in [1.165, 1.54) is 21.6 Å². The smallest absolute Gasteiger partial charge is 0.265 e. The van der Waals surface area contributed by atoms with Crippen LogP contribution in [0.25, 0.3) is 11.0 Å². The van der Waals surface area contributed by atoms with Crippen LogP contribution in [0.1, 0.15) is 15.9 Å². The van der Waals surface area contributed by atoms with E-state index in [2.05, 4.69) is 4.98 Å². The number of pyridine rings is 2. The van der Waals surface area contributed by atoms with Crippen molar-refractivity contribution in [3.63, 3.8) is 0 Å². The van der Waals surface area contributed by atoms with Gasteiger partial charge >= 0.3 is 0 Å². The van der Waals surface area contributed by atoms with E-state index >= 15 is 0 Å². The summed E-state index contributed by atoms with van der Waals surface area (Å²) in [5.74, 6) is -0.704. The first-order valence-electron chi connectivity index (χ1n) is 7.42. The average molecular weight is 325 g/mol. The molecule has 6 heteroatoms. The monoisotopic (exact) mass is 325 g/mol. The Labute approximate surface area is 138 Å². The van der Waals surface area contributed by atoms with Crippen molar-refractivity contribution in [2.75, 3.05) is 14.1 Å². The molecule has 0 bridgehead atoms. The van der Waals surface area contributed by atoms with Crippen molar-refractivity contribution in [1.82, 2.24) is 14.5 Å². The third-order valence-corrected chi connectivity index (χ3v) is 3.74. The van der Waals surface area contributed by atoms with E-state index in [-0.39, 0.29) is 23.8 Å². The normalized spacial score (nSPS) is 10.8. The summed E-state index contributed by atoms with van der Waals surface area (Å²) >= 11 is 0. The van der Waals surface area contributed by atoms with Crippen LogP contribution in [0.5, 0.6) is 0 Å². The fourth-order valence-corrected chi connectivity index (χ4v) is 2.52.